The van der Waals surface area contributed by atoms with Crippen molar-refractivity contribution in [2.75, 3.05) is 6.61 Å². The van der Waals surface area contributed by atoms with Gasteiger partial charge in [0.05, 0.1) is 29.4 Å². The number of nitrogens with one attached hydrogen (secondary N) is 1. The van der Waals surface area contributed by atoms with Crippen LogP contribution in [0.25, 0.3) is 0 Å². The van der Waals surface area contributed by atoms with E-state index in [1.54, 1.807) is 26.0 Å². The van der Waals surface area contributed by atoms with Crippen LogP contribution in [0.4, 0.5) is 5.69 Å². The van der Waals surface area contributed by atoms with Gasteiger partial charge in [0, 0.05) is 12.5 Å². The maximum absolute atomic E-state index is 12.5. The Balaban J connectivity index is 2.04. The monoisotopic (exact) mass is 435 g/mol. The number of para-hydroxylation sites is 1. The molecule has 31 heavy (non-hydrogen) atoms. The van der Waals surface area contributed by atoms with E-state index in [1.165, 1.54) is 19.1 Å². The average Bonchev–Trinajstić information content (AvgIpc) is 3.01. The van der Waals surface area contributed by atoms with Crippen molar-refractivity contribution in [3.63, 3.8) is 0 Å². The van der Waals surface area contributed by atoms with Crippen LogP contribution in [0.2, 0.25) is 0 Å². The van der Waals surface area contributed by atoms with E-state index < -0.39 is 46.8 Å². The number of nitrogens with zero attached hydrogens (tertiary/aromatic N) is 2. The van der Waals surface area contributed by atoms with Crippen LogP contribution < -0.4 is 16.0 Å². The Bertz CT molecular complexity index is 1080. The van der Waals surface area contributed by atoms with E-state index in [1.807, 2.05) is 0 Å². The maximum Gasteiger partial charge on any atom is 0.330 e. The van der Waals surface area contributed by atoms with Gasteiger partial charge < -0.3 is 19.7 Å². The van der Waals surface area contributed by atoms with Crippen LogP contribution in [0.5, 0.6) is 5.75 Å². The molecule has 4 atom stereocenters. The molecule has 168 valence electrons. The number of nitro benzene ring substituents is 1. The summed E-state index contributed by atoms with van der Waals surface area (Å²) in [5.41, 5.74) is -2.77. The zero-order valence-corrected chi connectivity index (χ0v) is 17.3. The topological polar surface area (TPSA) is 157 Å². The number of aromatic amines is 1. The second-order valence-corrected chi connectivity index (χ2v) is 8.01. The van der Waals surface area contributed by atoms with Crippen molar-refractivity contribution in [3.05, 3.63) is 67.0 Å². The first kappa shape index (κ1) is 22.7. The molecule has 0 amide bonds. The number of aromatic nitrogens is 2. The van der Waals surface area contributed by atoms with E-state index in [2.05, 4.69) is 4.98 Å². The minimum Gasteiger partial charge on any atom is -0.478 e. The van der Waals surface area contributed by atoms with Crippen LogP contribution in [-0.4, -0.2) is 43.5 Å². The number of ether oxygens (including phenoxy) is 2. The maximum atomic E-state index is 12.5. The number of nitro groups is 1. The van der Waals surface area contributed by atoms with Crippen molar-refractivity contribution in [1.29, 1.82) is 0 Å². The van der Waals surface area contributed by atoms with E-state index in [9.17, 15) is 29.9 Å². The summed E-state index contributed by atoms with van der Waals surface area (Å²) in [6.07, 6.45) is -1.57. The van der Waals surface area contributed by atoms with Crippen molar-refractivity contribution >= 4 is 5.69 Å². The van der Waals surface area contributed by atoms with Crippen molar-refractivity contribution in [2.24, 2.45) is 5.92 Å². The number of hydrogen-bond acceptors (Lipinski definition) is 8. The Morgan fingerprint density at radius 3 is 2.65 bits per heavy atom. The summed E-state index contributed by atoms with van der Waals surface area (Å²) in [6, 6.07) is 6.07. The first-order valence-corrected chi connectivity index (χ1v) is 9.80. The summed E-state index contributed by atoms with van der Waals surface area (Å²) in [4.78, 5) is 38.0. The lowest BCUT2D eigenvalue weighted by atomic mass is 9.97. The van der Waals surface area contributed by atoms with Crippen LogP contribution in [0.3, 0.4) is 0 Å². The molecular weight excluding hydrogens is 410 g/mol. The Hall–Kier alpha value is -3.02. The van der Waals surface area contributed by atoms with Crippen LogP contribution in [0.1, 0.15) is 38.9 Å². The highest BCUT2D eigenvalue weighted by Crippen LogP contribution is 2.36. The van der Waals surface area contributed by atoms with Gasteiger partial charge in [0.15, 0.2) is 0 Å². The Morgan fingerprint density at radius 1 is 1.39 bits per heavy atom. The summed E-state index contributed by atoms with van der Waals surface area (Å²) in [5, 5.41) is 30.9. The molecule has 1 aromatic carbocycles. The molecule has 3 N–H and O–H groups in total. The van der Waals surface area contributed by atoms with Gasteiger partial charge in [-0.1, -0.05) is 26.0 Å². The van der Waals surface area contributed by atoms with Crippen molar-refractivity contribution in [2.45, 2.75) is 51.2 Å². The molecular formula is C20H25N3O8. The van der Waals surface area contributed by atoms with Gasteiger partial charge in [-0.2, -0.15) is 0 Å². The van der Waals surface area contributed by atoms with E-state index in [0.29, 0.717) is 5.56 Å². The Morgan fingerprint density at radius 2 is 2.06 bits per heavy atom. The zero-order chi connectivity index (χ0) is 22.9. The van der Waals surface area contributed by atoms with Crippen LogP contribution in [0, 0.1) is 16.0 Å². The zero-order valence-electron chi connectivity index (χ0n) is 17.3. The second kappa shape index (κ2) is 8.61. The van der Waals surface area contributed by atoms with Crippen LogP contribution in [0.15, 0.2) is 40.1 Å². The molecule has 1 aromatic heterocycles. The number of aliphatic hydroxyl groups excluding tert-OH is 2. The van der Waals surface area contributed by atoms with Crippen molar-refractivity contribution in [1.82, 2.24) is 9.55 Å². The molecule has 0 radical (unpaired) electrons. The van der Waals surface area contributed by atoms with Gasteiger partial charge in [-0.15, -0.1) is 0 Å². The second-order valence-electron chi connectivity index (χ2n) is 8.01. The molecule has 0 saturated carbocycles. The highest BCUT2D eigenvalue weighted by atomic mass is 16.6. The molecule has 0 unspecified atom stereocenters. The van der Waals surface area contributed by atoms with E-state index in [4.69, 9.17) is 9.47 Å². The SMILES string of the molecule is CC(C)[C@H](Oc1cn([C@@]2(C)C[C@H](O)[C@@H](CO)O2)c(=O)[nH]c1=O)c1ccccc1[N+](=O)[O-]. The van der Waals surface area contributed by atoms with E-state index in [-0.39, 0.29) is 23.8 Å². The molecule has 11 heteroatoms. The molecule has 1 fully saturated rings. The molecule has 0 spiro atoms. The lowest BCUT2D eigenvalue weighted by molar-refractivity contribution is -0.386. The molecule has 0 aliphatic carbocycles. The van der Waals surface area contributed by atoms with Gasteiger partial charge in [-0.3, -0.25) is 24.5 Å². The number of H-pyrrole nitrogens is 1. The average molecular weight is 435 g/mol. The third-order valence-electron chi connectivity index (χ3n) is 5.32. The number of hydrogen-bond donors (Lipinski definition) is 3. The molecule has 1 aliphatic rings. The molecule has 3 rings (SSSR count). The van der Waals surface area contributed by atoms with Gasteiger partial charge in [0.25, 0.3) is 11.2 Å². The quantitative estimate of drug-likeness (QED) is 0.430. The first-order chi connectivity index (χ1) is 14.6. The fraction of sp³-hybridized carbons (Fsp3) is 0.500. The fourth-order valence-corrected chi connectivity index (χ4v) is 3.76. The predicted molar refractivity (Wildman–Crippen MR) is 109 cm³/mol. The molecule has 0 bridgehead atoms. The van der Waals surface area contributed by atoms with Crippen molar-refractivity contribution < 1.29 is 24.6 Å². The smallest absolute Gasteiger partial charge is 0.330 e. The largest absolute Gasteiger partial charge is 0.478 e. The molecule has 1 aliphatic heterocycles. The number of benzene rings is 1. The third kappa shape index (κ3) is 4.38. The van der Waals surface area contributed by atoms with Gasteiger partial charge in [-0.25, -0.2) is 4.79 Å². The van der Waals surface area contributed by atoms with Crippen LogP contribution in [-0.2, 0) is 10.5 Å². The lowest BCUT2D eigenvalue weighted by Gasteiger charge is -2.28. The minimum absolute atomic E-state index is 0.00137. The Kier molecular flexibility index (Phi) is 6.30. The normalized spacial score (nSPS) is 24.3. The summed E-state index contributed by atoms with van der Waals surface area (Å²) in [5.74, 6) is -0.483. The van der Waals surface area contributed by atoms with Gasteiger partial charge >= 0.3 is 5.69 Å². The van der Waals surface area contributed by atoms with Crippen molar-refractivity contribution in [3.8, 4) is 5.75 Å². The van der Waals surface area contributed by atoms with Gasteiger partial charge in [0.1, 0.15) is 17.9 Å². The predicted octanol–water partition coefficient (Wildman–Crippen LogP) is 1.04. The Labute approximate surface area is 177 Å². The molecule has 11 nitrogen and oxygen atoms in total. The summed E-state index contributed by atoms with van der Waals surface area (Å²) in [7, 11) is 0. The van der Waals surface area contributed by atoms with E-state index >= 15 is 0 Å². The van der Waals surface area contributed by atoms with Gasteiger partial charge in [0.2, 0.25) is 5.75 Å². The minimum atomic E-state index is -1.34. The fourth-order valence-electron chi connectivity index (χ4n) is 3.76. The standard InChI is InChI=1S/C20H25N3O8/c1-11(2)17(12-6-4-5-7-13(12)23(28)29)30-15-9-22(19(27)21-18(15)26)20(3)8-14(25)16(10-24)31-20/h4-7,9,11,14,16-17,24-25H,8,10H2,1-3H3,(H,21,26,27)/t14-,16+,17-,20+/m0/s1. The number of rotatable bonds is 7. The highest BCUT2D eigenvalue weighted by Gasteiger charge is 2.44. The van der Waals surface area contributed by atoms with Crippen LogP contribution >= 0.6 is 0 Å². The molecule has 2 aromatic rings. The summed E-state index contributed by atoms with van der Waals surface area (Å²) >= 11 is 0. The molecule has 1 saturated heterocycles. The lowest BCUT2D eigenvalue weighted by Crippen LogP contribution is -2.42. The molecule has 2 heterocycles. The summed E-state index contributed by atoms with van der Waals surface area (Å²) in [6.45, 7) is 4.67. The van der Waals surface area contributed by atoms with E-state index in [0.717, 1.165) is 10.8 Å². The third-order valence-corrected chi connectivity index (χ3v) is 5.32. The highest BCUT2D eigenvalue weighted by molar-refractivity contribution is 5.42. The van der Waals surface area contributed by atoms with Gasteiger partial charge in [-0.05, 0) is 18.9 Å². The number of aliphatic hydroxyl groups is 2. The summed E-state index contributed by atoms with van der Waals surface area (Å²) < 4.78 is 12.6. The first-order valence-electron chi connectivity index (χ1n) is 9.80.